The summed E-state index contributed by atoms with van der Waals surface area (Å²) < 4.78 is 0. The standard InChI is InChI=1S/C12H20N4O/c1-15-4-3-10(9-15)11-7-13-12(14-8-11)16(2)5-6-17/h7-8,10,17H,3-6,9H2,1-2H3. The fourth-order valence-electron chi connectivity index (χ4n) is 2.20. The van der Waals surface area contributed by atoms with Crippen LogP contribution in [-0.2, 0) is 0 Å². The summed E-state index contributed by atoms with van der Waals surface area (Å²) in [6, 6.07) is 0. The molecule has 0 spiro atoms. The van der Waals surface area contributed by atoms with Gasteiger partial charge in [-0.15, -0.1) is 0 Å². The zero-order valence-electron chi connectivity index (χ0n) is 10.5. The molecule has 1 aromatic rings. The molecule has 0 radical (unpaired) electrons. The van der Waals surface area contributed by atoms with Crippen LogP contribution in [-0.4, -0.2) is 60.3 Å². The SMILES string of the molecule is CN1CCC(c2cnc(N(C)CCO)nc2)C1. The van der Waals surface area contributed by atoms with Crippen LogP contribution in [0.2, 0.25) is 0 Å². The second-order valence-corrected chi connectivity index (χ2v) is 4.71. The highest BCUT2D eigenvalue weighted by molar-refractivity contribution is 5.29. The third-order valence-corrected chi connectivity index (χ3v) is 3.30. The normalized spacial score (nSPS) is 20.8. The highest BCUT2D eigenvalue weighted by atomic mass is 16.3. The Morgan fingerprint density at radius 2 is 2.18 bits per heavy atom. The Morgan fingerprint density at radius 1 is 1.47 bits per heavy atom. The first kappa shape index (κ1) is 12.3. The van der Waals surface area contributed by atoms with E-state index in [0.717, 1.165) is 13.1 Å². The molecule has 1 fully saturated rings. The molecule has 0 bridgehead atoms. The molecule has 0 aromatic carbocycles. The van der Waals surface area contributed by atoms with Crippen molar-refractivity contribution in [3.8, 4) is 0 Å². The first-order chi connectivity index (χ1) is 8.20. The number of likely N-dealkylation sites (N-methyl/N-ethyl adjacent to an activating group) is 2. The van der Waals surface area contributed by atoms with Crippen LogP contribution in [0.4, 0.5) is 5.95 Å². The van der Waals surface area contributed by atoms with Gasteiger partial charge in [0.2, 0.25) is 5.95 Å². The number of hydrogen-bond acceptors (Lipinski definition) is 5. The lowest BCUT2D eigenvalue weighted by molar-refractivity contribution is 0.303. The molecule has 5 heteroatoms. The molecule has 0 saturated carbocycles. The van der Waals surface area contributed by atoms with Gasteiger partial charge in [0, 0.05) is 38.4 Å². The summed E-state index contributed by atoms with van der Waals surface area (Å²) in [6.07, 6.45) is 5.02. The molecule has 1 N–H and O–H groups in total. The number of aliphatic hydroxyl groups is 1. The number of anilines is 1. The number of rotatable bonds is 4. The van der Waals surface area contributed by atoms with Crippen LogP contribution >= 0.6 is 0 Å². The number of aliphatic hydroxyl groups excluding tert-OH is 1. The summed E-state index contributed by atoms with van der Waals surface area (Å²) in [4.78, 5) is 12.9. The van der Waals surface area contributed by atoms with Gasteiger partial charge in [-0.1, -0.05) is 0 Å². The van der Waals surface area contributed by atoms with Crippen molar-refractivity contribution in [2.24, 2.45) is 0 Å². The van der Waals surface area contributed by atoms with Gasteiger partial charge in [-0.05, 0) is 25.6 Å². The van der Waals surface area contributed by atoms with E-state index in [1.807, 2.05) is 24.3 Å². The summed E-state index contributed by atoms with van der Waals surface area (Å²) in [5, 5.41) is 8.85. The molecule has 1 aliphatic heterocycles. The Balaban J connectivity index is 2.02. The van der Waals surface area contributed by atoms with Gasteiger partial charge in [-0.3, -0.25) is 0 Å². The molecule has 1 atom stereocenters. The largest absolute Gasteiger partial charge is 0.395 e. The lowest BCUT2D eigenvalue weighted by atomic mass is 10.0. The van der Waals surface area contributed by atoms with E-state index in [1.165, 1.54) is 12.0 Å². The van der Waals surface area contributed by atoms with E-state index in [9.17, 15) is 0 Å². The number of nitrogens with zero attached hydrogens (tertiary/aromatic N) is 4. The Bertz CT molecular complexity index is 354. The topological polar surface area (TPSA) is 52.5 Å². The molecule has 1 saturated heterocycles. The fourth-order valence-corrected chi connectivity index (χ4v) is 2.20. The molecule has 1 unspecified atom stereocenters. The average Bonchev–Trinajstić information content (AvgIpc) is 2.76. The van der Waals surface area contributed by atoms with Crippen LogP contribution in [0.15, 0.2) is 12.4 Å². The monoisotopic (exact) mass is 236 g/mol. The maximum atomic E-state index is 8.85. The zero-order chi connectivity index (χ0) is 12.3. The predicted molar refractivity (Wildman–Crippen MR) is 67.2 cm³/mol. The van der Waals surface area contributed by atoms with E-state index < -0.39 is 0 Å². The Kier molecular flexibility index (Phi) is 3.91. The van der Waals surface area contributed by atoms with Crippen molar-refractivity contribution in [2.45, 2.75) is 12.3 Å². The van der Waals surface area contributed by atoms with Crippen molar-refractivity contribution in [3.05, 3.63) is 18.0 Å². The van der Waals surface area contributed by atoms with E-state index in [4.69, 9.17) is 5.11 Å². The number of hydrogen-bond donors (Lipinski definition) is 1. The maximum Gasteiger partial charge on any atom is 0.225 e. The molecule has 0 amide bonds. The van der Waals surface area contributed by atoms with E-state index in [0.29, 0.717) is 18.4 Å². The quantitative estimate of drug-likeness (QED) is 0.816. The fraction of sp³-hybridized carbons (Fsp3) is 0.667. The van der Waals surface area contributed by atoms with E-state index in [1.54, 1.807) is 0 Å². The van der Waals surface area contributed by atoms with Crippen LogP contribution in [0.25, 0.3) is 0 Å². The van der Waals surface area contributed by atoms with Gasteiger partial charge in [0.1, 0.15) is 0 Å². The first-order valence-electron chi connectivity index (χ1n) is 6.03. The van der Waals surface area contributed by atoms with Gasteiger partial charge in [0.25, 0.3) is 0 Å². The first-order valence-corrected chi connectivity index (χ1v) is 6.03. The van der Waals surface area contributed by atoms with Gasteiger partial charge >= 0.3 is 0 Å². The van der Waals surface area contributed by atoms with Gasteiger partial charge in [-0.2, -0.15) is 0 Å². The molecule has 2 heterocycles. The Labute approximate surface area is 102 Å². The van der Waals surface area contributed by atoms with Crippen LogP contribution in [0.3, 0.4) is 0 Å². The van der Waals surface area contributed by atoms with Crippen LogP contribution in [0.5, 0.6) is 0 Å². The summed E-state index contributed by atoms with van der Waals surface area (Å²) in [5.41, 5.74) is 1.22. The van der Waals surface area contributed by atoms with Gasteiger partial charge in [0.05, 0.1) is 6.61 Å². The highest BCUT2D eigenvalue weighted by Gasteiger charge is 2.21. The predicted octanol–water partition coefficient (Wildman–Crippen LogP) is 0.324. The Morgan fingerprint density at radius 3 is 2.71 bits per heavy atom. The zero-order valence-corrected chi connectivity index (χ0v) is 10.5. The third kappa shape index (κ3) is 2.92. The number of likely N-dealkylation sites (tertiary alicyclic amines) is 1. The van der Waals surface area contributed by atoms with Crippen molar-refractivity contribution in [1.29, 1.82) is 0 Å². The summed E-state index contributed by atoms with van der Waals surface area (Å²) in [5.74, 6) is 1.24. The molecular weight excluding hydrogens is 216 g/mol. The highest BCUT2D eigenvalue weighted by Crippen LogP contribution is 2.25. The minimum Gasteiger partial charge on any atom is -0.395 e. The van der Waals surface area contributed by atoms with Crippen LogP contribution in [0, 0.1) is 0 Å². The molecule has 0 aliphatic carbocycles. The third-order valence-electron chi connectivity index (χ3n) is 3.30. The van der Waals surface area contributed by atoms with Crippen LogP contribution < -0.4 is 4.90 Å². The van der Waals surface area contributed by atoms with E-state index >= 15 is 0 Å². The number of aromatic nitrogens is 2. The summed E-state index contributed by atoms with van der Waals surface area (Å²) in [6.45, 7) is 2.92. The second-order valence-electron chi connectivity index (χ2n) is 4.71. The van der Waals surface area contributed by atoms with Crippen molar-refractivity contribution in [2.75, 3.05) is 45.2 Å². The molecule has 5 nitrogen and oxygen atoms in total. The lowest BCUT2D eigenvalue weighted by Gasteiger charge is -2.16. The second kappa shape index (κ2) is 5.42. The van der Waals surface area contributed by atoms with Crippen molar-refractivity contribution in [1.82, 2.24) is 14.9 Å². The molecule has 1 aromatic heterocycles. The van der Waals surface area contributed by atoms with Gasteiger partial charge < -0.3 is 14.9 Å². The van der Waals surface area contributed by atoms with E-state index in [2.05, 4.69) is 21.9 Å². The molecule has 94 valence electrons. The smallest absolute Gasteiger partial charge is 0.225 e. The Hall–Kier alpha value is -1.20. The van der Waals surface area contributed by atoms with Crippen molar-refractivity contribution < 1.29 is 5.11 Å². The maximum absolute atomic E-state index is 8.85. The molecule has 2 rings (SSSR count). The van der Waals surface area contributed by atoms with Crippen molar-refractivity contribution in [3.63, 3.8) is 0 Å². The summed E-state index contributed by atoms with van der Waals surface area (Å²) >= 11 is 0. The van der Waals surface area contributed by atoms with Gasteiger partial charge in [0.15, 0.2) is 0 Å². The van der Waals surface area contributed by atoms with Gasteiger partial charge in [-0.25, -0.2) is 9.97 Å². The molecule has 17 heavy (non-hydrogen) atoms. The molecular formula is C12H20N4O. The summed E-state index contributed by atoms with van der Waals surface area (Å²) in [7, 11) is 4.03. The minimum absolute atomic E-state index is 0.120. The average molecular weight is 236 g/mol. The van der Waals surface area contributed by atoms with E-state index in [-0.39, 0.29) is 6.61 Å². The van der Waals surface area contributed by atoms with Crippen molar-refractivity contribution >= 4 is 5.95 Å². The van der Waals surface area contributed by atoms with Crippen LogP contribution in [0.1, 0.15) is 17.9 Å². The minimum atomic E-state index is 0.120. The lowest BCUT2D eigenvalue weighted by Crippen LogP contribution is -2.23. The molecule has 1 aliphatic rings.